The zero-order chi connectivity index (χ0) is 11.8. The molecule has 0 radical (unpaired) electrons. The van der Waals surface area contributed by atoms with Crippen molar-refractivity contribution in [2.75, 3.05) is 0 Å². The van der Waals surface area contributed by atoms with E-state index in [-0.39, 0.29) is 11.5 Å². The van der Waals surface area contributed by atoms with Crippen LogP contribution in [0.3, 0.4) is 0 Å². The molecule has 1 heteroatoms. The van der Waals surface area contributed by atoms with E-state index in [4.69, 9.17) is 0 Å². The van der Waals surface area contributed by atoms with Crippen LogP contribution in [0.4, 0.5) is 0 Å². The fourth-order valence-corrected chi connectivity index (χ4v) is 5.52. The van der Waals surface area contributed by atoms with Crippen molar-refractivity contribution in [3.63, 3.8) is 0 Å². The van der Waals surface area contributed by atoms with E-state index in [0.717, 1.165) is 12.8 Å². The summed E-state index contributed by atoms with van der Waals surface area (Å²) in [4.78, 5) is 0. The third kappa shape index (κ3) is 0.827. The SMILES string of the molecule is C=C1CCC2(C)C(O)C1C1(C)CCCC21C. The zero-order valence-electron chi connectivity index (χ0n) is 10.8. The fraction of sp³-hybridized carbons (Fsp3) is 0.867. The van der Waals surface area contributed by atoms with Gasteiger partial charge < -0.3 is 5.11 Å². The van der Waals surface area contributed by atoms with Crippen LogP contribution >= 0.6 is 0 Å². The van der Waals surface area contributed by atoms with Crippen LogP contribution in [0.2, 0.25) is 0 Å². The number of aliphatic hydroxyl groups is 1. The third-order valence-electron chi connectivity index (χ3n) is 6.95. The molecule has 0 aromatic heterocycles. The van der Waals surface area contributed by atoms with Crippen LogP contribution in [0.15, 0.2) is 12.2 Å². The Labute approximate surface area is 98.9 Å². The van der Waals surface area contributed by atoms with Crippen LogP contribution in [0.25, 0.3) is 0 Å². The Kier molecular flexibility index (Phi) is 1.86. The van der Waals surface area contributed by atoms with Gasteiger partial charge in [-0.05, 0) is 36.5 Å². The van der Waals surface area contributed by atoms with Crippen LogP contribution in [0, 0.1) is 22.2 Å². The van der Waals surface area contributed by atoms with E-state index in [9.17, 15) is 5.11 Å². The molecule has 3 fully saturated rings. The summed E-state index contributed by atoms with van der Waals surface area (Å²) >= 11 is 0. The van der Waals surface area contributed by atoms with E-state index >= 15 is 0 Å². The van der Waals surface area contributed by atoms with Crippen LogP contribution < -0.4 is 0 Å². The Morgan fingerprint density at radius 3 is 2.50 bits per heavy atom. The number of hydrogen-bond donors (Lipinski definition) is 1. The highest BCUT2D eigenvalue weighted by Gasteiger charge is 2.72. The highest BCUT2D eigenvalue weighted by molar-refractivity contribution is 5.29. The lowest BCUT2D eigenvalue weighted by atomic mass is 9.59. The first kappa shape index (κ1) is 10.8. The predicted molar refractivity (Wildman–Crippen MR) is 66.0 cm³/mol. The summed E-state index contributed by atoms with van der Waals surface area (Å²) in [5, 5.41) is 10.7. The number of aliphatic hydroxyl groups excluding tert-OH is 1. The van der Waals surface area contributed by atoms with Crippen molar-refractivity contribution in [3.05, 3.63) is 12.2 Å². The summed E-state index contributed by atoms with van der Waals surface area (Å²) in [7, 11) is 0. The standard InChI is InChI=1S/C15H24O/c1-10-6-9-14(3)12(16)11(10)13(2)7-5-8-15(13,14)4/h11-12,16H,1,5-9H2,2-4H3. The zero-order valence-corrected chi connectivity index (χ0v) is 10.8. The molecule has 5 unspecified atom stereocenters. The highest BCUT2D eigenvalue weighted by Crippen LogP contribution is 2.76. The maximum Gasteiger partial charge on any atom is 0.0669 e. The van der Waals surface area contributed by atoms with E-state index in [1.807, 2.05) is 0 Å². The largest absolute Gasteiger partial charge is 0.392 e. The molecule has 1 N–H and O–H groups in total. The minimum atomic E-state index is -0.149. The van der Waals surface area contributed by atoms with Crippen LogP contribution in [0.1, 0.15) is 52.9 Å². The van der Waals surface area contributed by atoms with Gasteiger partial charge in [0.1, 0.15) is 0 Å². The van der Waals surface area contributed by atoms with E-state index in [1.165, 1.54) is 24.8 Å². The first-order valence-electron chi connectivity index (χ1n) is 6.73. The minimum Gasteiger partial charge on any atom is -0.392 e. The number of fused-ring (bicyclic) bond motifs is 5. The van der Waals surface area contributed by atoms with Crippen LogP contribution in [-0.2, 0) is 0 Å². The Hall–Kier alpha value is -0.300. The first-order chi connectivity index (χ1) is 7.37. The van der Waals surface area contributed by atoms with Crippen molar-refractivity contribution < 1.29 is 5.11 Å². The molecule has 3 aliphatic rings. The Morgan fingerprint density at radius 1 is 1.12 bits per heavy atom. The molecule has 5 atom stereocenters. The Bertz CT molecular complexity index is 360. The minimum absolute atomic E-state index is 0.129. The van der Waals surface area contributed by atoms with Crippen LogP contribution in [-0.4, -0.2) is 11.2 Å². The van der Waals surface area contributed by atoms with Gasteiger partial charge in [-0.15, -0.1) is 0 Å². The first-order valence-corrected chi connectivity index (χ1v) is 6.73. The van der Waals surface area contributed by atoms with E-state index in [1.54, 1.807) is 0 Å². The van der Waals surface area contributed by atoms with Gasteiger partial charge >= 0.3 is 0 Å². The second-order valence-electron chi connectivity index (χ2n) is 7.10. The lowest BCUT2D eigenvalue weighted by molar-refractivity contribution is -0.0347. The predicted octanol–water partition coefficient (Wildman–Crippen LogP) is 3.53. The lowest BCUT2D eigenvalue weighted by Crippen LogP contribution is -2.43. The molecule has 0 saturated heterocycles. The second-order valence-corrected chi connectivity index (χ2v) is 7.10. The molecule has 2 bridgehead atoms. The molecule has 3 saturated carbocycles. The van der Waals surface area contributed by atoms with Crippen molar-refractivity contribution in [1.82, 2.24) is 0 Å². The fourth-order valence-electron chi connectivity index (χ4n) is 5.52. The maximum absolute atomic E-state index is 10.7. The maximum atomic E-state index is 10.7. The van der Waals surface area contributed by atoms with Crippen molar-refractivity contribution in [2.45, 2.75) is 59.0 Å². The molecule has 1 nitrogen and oxygen atoms in total. The van der Waals surface area contributed by atoms with Gasteiger partial charge in [-0.1, -0.05) is 39.3 Å². The number of hydrogen-bond acceptors (Lipinski definition) is 1. The van der Waals surface area contributed by atoms with Crippen molar-refractivity contribution >= 4 is 0 Å². The molecule has 0 heterocycles. The number of rotatable bonds is 0. The summed E-state index contributed by atoms with van der Waals surface area (Å²) in [5.74, 6) is 0.360. The molecular formula is C15H24O. The van der Waals surface area contributed by atoms with Gasteiger partial charge in [0.05, 0.1) is 6.10 Å². The van der Waals surface area contributed by atoms with Gasteiger partial charge in [-0.3, -0.25) is 0 Å². The monoisotopic (exact) mass is 220 g/mol. The van der Waals surface area contributed by atoms with Gasteiger partial charge in [0.2, 0.25) is 0 Å². The highest BCUT2D eigenvalue weighted by atomic mass is 16.3. The molecule has 0 amide bonds. The van der Waals surface area contributed by atoms with E-state index in [2.05, 4.69) is 27.4 Å². The van der Waals surface area contributed by atoms with E-state index < -0.39 is 0 Å². The van der Waals surface area contributed by atoms with Gasteiger partial charge in [0, 0.05) is 11.3 Å². The molecular weight excluding hydrogens is 196 g/mol. The molecule has 0 aromatic carbocycles. The Balaban J connectivity index is 2.21. The average Bonchev–Trinajstić information content (AvgIpc) is 2.55. The summed E-state index contributed by atoms with van der Waals surface area (Å²) in [5.41, 5.74) is 2.07. The average molecular weight is 220 g/mol. The lowest BCUT2D eigenvalue weighted by Gasteiger charge is -2.46. The van der Waals surface area contributed by atoms with Crippen molar-refractivity contribution in [3.8, 4) is 0 Å². The second kappa shape index (κ2) is 2.75. The summed E-state index contributed by atoms with van der Waals surface area (Å²) < 4.78 is 0. The smallest absolute Gasteiger partial charge is 0.0669 e. The van der Waals surface area contributed by atoms with Gasteiger partial charge in [-0.2, -0.15) is 0 Å². The summed E-state index contributed by atoms with van der Waals surface area (Å²) in [6.45, 7) is 11.4. The Morgan fingerprint density at radius 2 is 1.81 bits per heavy atom. The molecule has 0 spiro atoms. The van der Waals surface area contributed by atoms with Gasteiger partial charge in [0.15, 0.2) is 0 Å². The van der Waals surface area contributed by atoms with E-state index in [0.29, 0.717) is 16.7 Å². The van der Waals surface area contributed by atoms with Crippen molar-refractivity contribution in [2.24, 2.45) is 22.2 Å². The summed E-state index contributed by atoms with van der Waals surface area (Å²) in [6, 6.07) is 0. The van der Waals surface area contributed by atoms with Gasteiger partial charge in [0.25, 0.3) is 0 Å². The molecule has 90 valence electrons. The topological polar surface area (TPSA) is 20.2 Å². The normalized spacial score (nSPS) is 60.1. The third-order valence-corrected chi connectivity index (χ3v) is 6.95. The molecule has 16 heavy (non-hydrogen) atoms. The molecule has 0 aromatic rings. The quantitative estimate of drug-likeness (QED) is 0.619. The van der Waals surface area contributed by atoms with Crippen molar-refractivity contribution in [1.29, 1.82) is 0 Å². The van der Waals surface area contributed by atoms with Crippen LogP contribution in [0.5, 0.6) is 0 Å². The molecule has 0 aliphatic heterocycles. The van der Waals surface area contributed by atoms with Gasteiger partial charge in [-0.25, -0.2) is 0 Å². The summed E-state index contributed by atoms with van der Waals surface area (Å²) in [6.07, 6.45) is 6.02. The molecule has 3 aliphatic carbocycles. The molecule has 3 rings (SSSR count).